The van der Waals surface area contributed by atoms with E-state index in [1.165, 1.54) is 0 Å². The average Bonchev–Trinajstić information content (AvgIpc) is 3.00. The van der Waals surface area contributed by atoms with Crippen LogP contribution in [0.5, 0.6) is 0 Å². The van der Waals surface area contributed by atoms with Crippen molar-refractivity contribution in [2.75, 3.05) is 23.7 Å². The summed E-state index contributed by atoms with van der Waals surface area (Å²) in [5.74, 6) is -0.352. The molecule has 3 rings (SSSR count). The fraction of sp³-hybridized carbons (Fsp3) is 0.440. The Morgan fingerprint density at radius 3 is 2.50 bits per heavy atom. The minimum atomic E-state index is -0.336. The van der Waals surface area contributed by atoms with Gasteiger partial charge in [-0.1, -0.05) is 12.1 Å². The Morgan fingerprint density at radius 2 is 1.83 bits per heavy atom. The van der Waals surface area contributed by atoms with Crippen LogP contribution in [-0.2, 0) is 4.79 Å². The molecule has 1 aliphatic rings. The predicted molar refractivity (Wildman–Crippen MR) is 127 cm³/mol. The standard InChI is InChI=1S/C25H34N4O/c1-16(2)29(17(3)4)13-12-26-22-11-10-20(14-19(22)6)27-15-21-24-18(5)8-7-9-23(24)28-25(21)30/h7-11,14-17,21,26H,12-13H2,1-6H3,(H,28,30). The molecule has 0 bridgehead atoms. The summed E-state index contributed by atoms with van der Waals surface area (Å²) in [6, 6.07) is 13.1. The number of aryl methyl sites for hydroxylation is 2. The summed E-state index contributed by atoms with van der Waals surface area (Å²) in [5, 5.41) is 6.50. The number of fused-ring (bicyclic) bond motifs is 1. The zero-order valence-corrected chi connectivity index (χ0v) is 19.0. The lowest BCUT2D eigenvalue weighted by molar-refractivity contribution is -0.115. The van der Waals surface area contributed by atoms with Crippen LogP contribution in [0.3, 0.4) is 0 Å². The van der Waals surface area contributed by atoms with Gasteiger partial charge in [-0.25, -0.2) is 0 Å². The molecule has 0 aromatic heterocycles. The summed E-state index contributed by atoms with van der Waals surface area (Å²) >= 11 is 0. The maximum absolute atomic E-state index is 12.4. The number of anilines is 2. The zero-order chi connectivity index (χ0) is 21.8. The highest BCUT2D eigenvalue weighted by molar-refractivity contribution is 6.13. The summed E-state index contributed by atoms with van der Waals surface area (Å²) in [4.78, 5) is 19.5. The second-order valence-corrected chi connectivity index (χ2v) is 8.63. The molecule has 5 heteroatoms. The molecule has 1 atom stereocenters. The molecule has 0 radical (unpaired) electrons. The van der Waals surface area contributed by atoms with Crippen molar-refractivity contribution in [3.63, 3.8) is 0 Å². The Kier molecular flexibility index (Phi) is 6.93. The van der Waals surface area contributed by atoms with Crippen LogP contribution in [0, 0.1) is 13.8 Å². The maximum Gasteiger partial charge on any atom is 0.237 e. The fourth-order valence-electron chi connectivity index (χ4n) is 4.21. The van der Waals surface area contributed by atoms with Crippen LogP contribution < -0.4 is 10.6 Å². The molecular formula is C25H34N4O. The minimum absolute atomic E-state index is 0.0158. The first-order valence-corrected chi connectivity index (χ1v) is 10.8. The van der Waals surface area contributed by atoms with E-state index in [0.717, 1.165) is 46.8 Å². The fourth-order valence-corrected chi connectivity index (χ4v) is 4.21. The number of rotatable bonds is 8. The number of hydrogen-bond acceptors (Lipinski definition) is 4. The second kappa shape index (κ2) is 9.43. The number of benzene rings is 2. The van der Waals surface area contributed by atoms with Gasteiger partial charge in [-0.05, 0) is 82.5 Å². The molecule has 0 aliphatic carbocycles. The lowest BCUT2D eigenvalue weighted by Crippen LogP contribution is -2.40. The monoisotopic (exact) mass is 406 g/mol. The number of hydrogen-bond donors (Lipinski definition) is 2. The summed E-state index contributed by atoms with van der Waals surface area (Å²) < 4.78 is 0. The van der Waals surface area contributed by atoms with Crippen LogP contribution in [-0.4, -0.2) is 42.2 Å². The molecule has 2 N–H and O–H groups in total. The first-order valence-electron chi connectivity index (χ1n) is 10.8. The Balaban J connectivity index is 1.66. The zero-order valence-electron chi connectivity index (χ0n) is 19.0. The molecule has 1 unspecified atom stereocenters. The summed E-state index contributed by atoms with van der Waals surface area (Å²) in [6.45, 7) is 15.0. The Hall–Kier alpha value is -2.66. The van der Waals surface area contributed by atoms with Gasteiger partial charge in [0.15, 0.2) is 0 Å². The molecule has 1 aliphatic heterocycles. The quantitative estimate of drug-likeness (QED) is 0.587. The van der Waals surface area contributed by atoms with Gasteiger partial charge in [0, 0.05) is 42.8 Å². The van der Waals surface area contributed by atoms with Crippen molar-refractivity contribution in [1.82, 2.24) is 4.90 Å². The molecule has 0 spiro atoms. The third kappa shape index (κ3) is 4.90. The molecule has 5 nitrogen and oxygen atoms in total. The highest BCUT2D eigenvalue weighted by Gasteiger charge is 2.30. The van der Waals surface area contributed by atoms with E-state index in [1.807, 2.05) is 31.2 Å². The Labute approximate surface area is 180 Å². The Bertz CT molecular complexity index is 925. The molecule has 0 saturated carbocycles. The van der Waals surface area contributed by atoms with E-state index >= 15 is 0 Å². The number of aliphatic imine (C=N–C) groups is 1. The van der Waals surface area contributed by atoms with Gasteiger partial charge >= 0.3 is 0 Å². The third-order valence-corrected chi connectivity index (χ3v) is 5.77. The van der Waals surface area contributed by atoms with Crippen molar-refractivity contribution < 1.29 is 4.79 Å². The molecule has 0 saturated heterocycles. The molecule has 2 aromatic rings. The van der Waals surface area contributed by atoms with Crippen LogP contribution in [0.1, 0.15) is 50.3 Å². The largest absolute Gasteiger partial charge is 0.384 e. The van der Waals surface area contributed by atoms with Crippen LogP contribution in [0.15, 0.2) is 41.4 Å². The molecule has 30 heavy (non-hydrogen) atoms. The van der Waals surface area contributed by atoms with Crippen molar-refractivity contribution in [2.24, 2.45) is 4.99 Å². The van der Waals surface area contributed by atoms with Gasteiger partial charge in [-0.15, -0.1) is 0 Å². The van der Waals surface area contributed by atoms with Crippen molar-refractivity contribution in [1.29, 1.82) is 0 Å². The van der Waals surface area contributed by atoms with Gasteiger partial charge in [0.05, 0.1) is 5.69 Å². The second-order valence-electron chi connectivity index (χ2n) is 8.63. The van der Waals surface area contributed by atoms with E-state index in [9.17, 15) is 4.79 Å². The number of carbonyl (C=O) groups is 1. The topological polar surface area (TPSA) is 56.7 Å². The number of nitrogens with one attached hydrogen (secondary N) is 2. The highest BCUT2D eigenvalue weighted by Crippen LogP contribution is 2.34. The maximum atomic E-state index is 12.4. The molecule has 1 heterocycles. The van der Waals surface area contributed by atoms with Crippen molar-refractivity contribution in [3.05, 3.63) is 53.1 Å². The van der Waals surface area contributed by atoms with Gasteiger partial charge in [0.25, 0.3) is 0 Å². The van der Waals surface area contributed by atoms with Crippen LogP contribution in [0.4, 0.5) is 17.1 Å². The molecular weight excluding hydrogens is 372 g/mol. The third-order valence-electron chi connectivity index (χ3n) is 5.77. The number of amides is 1. The highest BCUT2D eigenvalue weighted by atomic mass is 16.2. The summed E-state index contributed by atoms with van der Waals surface area (Å²) in [5.41, 5.74) is 6.16. The summed E-state index contributed by atoms with van der Waals surface area (Å²) in [6.07, 6.45) is 1.76. The van der Waals surface area contributed by atoms with E-state index in [4.69, 9.17) is 0 Å². The molecule has 2 aromatic carbocycles. The average molecular weight is 407 g/mol. The number of nitrogens with zero attached hydrogens (tertiary/aromatic N) is 2. The van der Waals surface area contributed by atoms with Crippen LogP contribution >= 0.6 is 0 Å². The van der Waals surface area contributed by atoms with E-state index < -0.39 is 0 Å². The van der Waals surface area contributed by atoms with Gasteiger partial charge < -0.3 is 10.6 Å². The molecule has 1 amide bonds. The van der Waals surface area contributed by atoms with E-state index in [1.54, 1.807) is 6.21 Å². The van der Waals surface area contributed by atoms with E-state index in [2.05, 4.69) is 67.3 Å². The van der Waals surface area contributed by atoms with Crippen LogP contribution in [0.25, 0.3) is 0 Å². The lowest BCUT2D eigenvalue weighted by Gasteiger charge is -2.30. The van der Waals surface area contributed by atoms with Crippen LogP contribution in [0.2, 0.25) is 0 Å². The van der Waals surface area contributed by atoms with Crippen molar-refractivity contribution in [2.45, 2.75) is 59.5 Å². The Morgan fingerprint density at radius 1 is 1.10 bits per heavy atom. The lowest BCUT2D eigenvalue weighted by atomic mass is 9.97. The number of carbonyl (C=O) groups excluding carboxylic acids is 1. The summed E-state index contributed by atoms with van der Waals surface area (Å²) in [7, 11) is 0. The predicted octanol–water partition coefficient (Wildman–Crippen LogP) is 5.27. The first-order chi connectivity index (χ1) is 14.3. The van der Waals surface area contributed by atoms with Crippen molar-refractivity contribution >= 4 is 29.2 Å². The van der Waals surface area contributed by atoms with Gasteiger partial charge in [0.1, 0.15) is 5.92 Å². The molecule has 0 fully saturated rings. The smallest absolute Gasteiger partial charge is 0.237 e. The minimum Gasteiger partial charge on any atom is -0.384 e. The van der Waals surface area contributed by atoms with Crippen molar-refractivity contribution in [3.8, 4) is 0 Å². The normalized spacial score (nSPS) is 16.0. The van der Waals surface area contributed by atoms with Gasteiger partial charge in [-0.3, -0.25) is 14.7 Å². The SMILES string of the molecule is Cc1cc(N=CC2C(=O)Nc3cccc(C)c32)ccc1NCCN(C(C)C)C(C)C. The van der Waals surface area contributed by atoms with Gasteiger partial charge in [-0.2, -0.15) is 0 Å². The molecule has 160 valence electrons. The van der Waals surface area contributed by atoms with E-state index in [-0.39, 0.29) is 11.8 Å². The first kappa shape index (κ1) is 22.0. The van der Waals surface area contributed by atoms with E-state index in [0.29, 0.717) is 12.1 Å². The van der Waals surface area contributed by atoms with Gasteiger partial charge in [0.2, 0.25) is 5.91 Å².